The molecule has 1 heterocycles. The van der Waals surface area contributed by atoms with Crippen LogP contribution in [0.25, 0.3) is 10.2 Å². The summed E-state index contributed by atoms with van der Waals surface area (Å²) < 4.78 is 20.2. The van der Waals surface area contributed by atoms with Crippen molar-refractivity contribution in [3.8, 4) is 11.5 Å². The number of nitrogens with zero attached hydrogens (tertiary/aromatic N) is 2. The van der Waals surface area contributed by atoms with Crippen molar-refractivity contribution in [1.82, 2.24) is 4.57 Å². The number of ether oxygens (including phenoxy) is 3. The molecule has 1 amide bonds. The van der Waals surface area contributed by atoms with E-state index in [4.69, 9.17) is 14.2 Å². The van der Waals surface area contributed by atoms with E-state index in [1.807, 2.05) is 41.8 Å². The summed E-state index contributed by atoms with van der Waals surface area (Å²) in [6.07, 6.45) is 0. The Morgan fingerprint density at radius 3 is 2.54 bits per heavy atom. The number of methoxy groups -OCH3 is 1. The van der Waals surface area contributed by atoms with Crippen LogP contribution < -0.4 is 14.3 Å². The molecule has 0 saturated carbocycles. The van der Waals surface area contributed by atoms with Crippen molar-refractivity contribution in [2.75, 3.05) is 26.9 Å². The van der Waals surface area contributed by atoms with Crippen molar-refractivity contribution in [1.29, 1.82) is 0 Å². The first-order valence-corrected chi connectivity index (χ1v) is 10.4. The lowest BCUT2D eigenvalue weighted by Gasteiger charge is -2.06. The summed E-state index contributed by atoms with van der Waals surface area (Å²) in [4.78, 5) is 17.3. The molecule has 0 atom stereocenters. The molecule has 148 valence electrons. The van der Waals surface area contributed by atoms with Gasteiger partial charge in [-0.25, -0.2) is 0 Å². The normalized spacial score (nSPS) is 11.8. The highest BCUT2D eigenvalue weighted by Gasteiger charge is 2.09. The minimum absolute atomic E-state index is 0.129. The van der Waals surface area contributed by atoms with Crippen LogP contribution in [0, 0.1) is 0 Å². The highest BCUT2D eigenvalue weighted by molar-refractivity contribution is 9.10. The summed E-state index contributed by atoms with van der Waals surface area (Å²) in [6.45, 7) is 3.55. The third-order valence-corrected chi connectivity index (χ3v) is 5.42. The van der Waals surface area contributed by atoms with Gasteiger partial charge in [-0.1, -0.05) is 27.3 Å². The van der Waals surface area contributed by atoms with Crippen LogP contribution in [0.15, 0.2) is 51.9 Å². The Morgan fingerprint density at radius 2 is 1.86 bits per heavy atom. The number of benzene rings is 2. The standard InChI is InChI=1S/C20H21BrN2O4S/c1-3-26-15-5-7-16(8-6-15)27-13-19(24)22-20-23(10-11-25-2)17-9-4-14(21)12-18(17)28-20/h4-9,12H,3,10-11,13H2,1-2H3. The maximum absolute atomic E-state index is 12.4. The first kappa shape index (κ1) is 20.6. The van der Waals surface area contributed by atoms with Crippen LogP contribution in [0.1, 0.15) is 6.92 Å². The Morgan fingerprint density at radius 1 is 1.14 bits per heavy atom. The van der Waals surface area contributed by atoms with Crippen LogP contribution in [0.3, 0.4) is 0 Å². The van der Waals surface area contributed by atoms with Crippen LogP contribution in [-0.4, -0.2) is 37.4 Å². The number of thiazole rings is 1. The van der Waals surface area contributed by atoms with Crippen molar-refractivity contribution < 1.29 is 19.0 Å². The molecule has 1 aromatic heterocycles. The summed E-state index contributed by atoms with van der Waals surface area (Å²) in [5, 5.41) is 0. The zero-order chi connectivity index (χ0) is 19.9. The summed E-state index contributed by atoms with van der Waals surface area (Å²) in [6, 6.07) is 13.2. The minimum Gasteiger partial charge on any atom is -0.494 e. The highest BCUT2D eigenvalue weighted by atomic mass is 79.9. The second-order valence-electron chi connectivity index (χ2n) is 5.84. The van der Waals surface area contributed by atoms with Crippen LogP contribution >= 0.6 is 27.3 Å². The van der Waals surface area contributed by atoms with Crippen LogP contribution in [0.5, 0.6) is 11.5 Å². The molecular formula is C20H21BrN2O4S. The van der Waals surface area contributed by atoms with E-state index in [9.17, 15) is 4.79 Å². The lowest BCUT2D eigenvalue weighted by molar-refractivity contribution is -0.120. The molecule has 3 rings (SSSR count). The van der Waals surface area contributed by atoms with Crippen LogP contribution in [0.2, 0.25) is 0 Å². The lowest BCUT2D eigenvalue weighted by Crippen LogP contribution is -2.21. The molecule has 0 bridgehead atoms. The van der Waals surface area contributed by atoms with E-state index < -0.39 is 0 Å². The van der Waals surface area contributed by atoms with Gasteiger partial charge < -0.3 is 18.8 Å². The van der Waals surface area contributed by atoms with Crippen LogP contribution in [0.4, 0.5) is 0 Å². The molecule has 0 spiro atoms. The molecule has 3 aromatic rings. The van der Waals surface area contributed by atoms with Crippen molar-refractivity contribution in [2.45, 2.75) is 13.5 Å². The van der Waals surface area contributed by atoms with Gasteiger partial charge in [0.15, 0.2) is 11.4 Å². The topological polar surface area (TPSA) is 62.0 Å². The Balaban J connectivity index is 1.77. The summed E-state index contributed by atoms with van der Waals surface area (Å²) in [5.74, 6) is 1.02. The number of hydrogen-bond acceptors (Lipinski definition) is 5. The maximum Gasteiger partial charge on any atom is 0.286 e. The van der Waals surface area contributed by atoms with Gasteiger partial charge in [-0.2, -0.15) is 4.99 Å². The zero-order valence-electron chi connectivity index (χ0n) is 15.7. The number of aromatic nitrogens is 1. The molecule has 2 aromatic carbocycles. The molecule has 28 heavy (non-hydrogen) atoms. The van der Waals surface area contributed by atoms with E-state index in [-0.39, 0.29) is 12.5 Å². The Bertz CT molecular complexity index is 1010. The number of carbonyl (C=O) groups is 1. The smallest absolute Gasteiger partial charge is 0.286 e. The molecule has 0 N–H and O–H groups in total. The molecule has 0 saturated heterocycles. The van der Waals surface area contributed by atoms with Gasteiger partial charge in [0.05, 0.1) is 23.4 Å². The largest absolute Gasteiger partial charge is 0.494 e. The van der Waals surface area contributed by atoms with Gasteiger partial charge in [-0.15, -0.1) is 0 Å². The van der Waals surface area contributed by atoms with E-state index in [0.717, 1.165) is 20.4 Å². The number of halogens is 1. The van der Waals surface area contributed by atoms with Gasteiger partial charge in [0, 0.05) is 18.1 Å². The molecular weight excluding hydrogens is 444 g/mol. The average molecular weight is 465 g/mol. The number of hydrogen-bond donors (Lipinski definition) is 0. The summed E-state index contributed by atoms with van der Waals surface area (Å²) in [5.41, 5.74) is 1.02. The van der Waals surface area contributed by atoms with E-state index in [1.165, 1.54) is 11.3 Å². The van der Waals surface area contributed by atoms with Gasteiger partial charge in [-0.3, -0.25) is 4.79 Å². The Labute approximate surface area is 175 Å². The SMILES string of the molecule is CCOc1ccc(OCC(=O)N=c2sc3cc(Br)ccc3n2CCOC)cc1. The van der Waals surface area contributed by atoms with Gasteiger partial charge >= 0.3 is 0 Å². The van der Waals surface area contributed by atoms with Gasteiger partial charge in [0.25, 0.3) is 5.91 Å². The second kappa shape index (κ2) is 9.86. The monoisotopic (exact) mass is 464 g/mol. The lowest BCUT2D eigenvalue weighted by atomic mass is 10.3. The fourth-order valence-corrected chi connectivity index (χ4v) is 4.24. The number of rotatable bonds is 8. The molecule has 0 aliphatic carbocycles. The zero-order valence-corrected chi connectivity index (χ0v) is 18.1. The van der Waals surface area contributed by atoms with Gasteiger partial charge in [0.2, 0.25) is 0 Å². The minimum atomic E-state index is -0.342. The number of fused-ring (bicyclic) bond motifs is 1. The van der Waals surface area contributed by atoms with E-state index >= 15 is 0 Å². The van der Waals surface area contributed by atoms with Crippen molar-refractivity contribution >= 4 is 43.4 Å². The maximum atomic E-state index is 12.4. The predicted octanol–water partition coefficient (Wildman–Crippen LogP) is 4.02. The first-order chi connectivity index (χ1) is 13.6. The van der Waals surface area contributed by atoms with Crippen molar-refractivity contribution in [3.05, 3.63) is 51.7 Å². The second-order valence-corrected chi connectivity index (χ2v) is 7.76. The summed E-state index contributed by atoms with van der Waals surface area (Å²) in [7, 11) is 1.65. The fourth-order valence-electron chi connectivity index (χ4n) is 2.61. The van der Waals surface area contributed by atoms with E-state index in [1.54, 1.807) is 19.2 Å². The molecule has 8 heteroatoms. The van der Waals surface area contributed by atoms with Crippen molar-refractivity contribution in [3.63, 3.8) is 0 Å². The molecule has 0 aliphatic rings. The van der Waals surface area contributed by atoms with E-state index in [2.05, 4.69) is 20.9 Å². The molecule has 0 aliphatic heterocycles. The van der Waals surface area contributed by atoms with Crippen molar-refractivity contribution in [2.24, 2.45) is 4.99 Å². The molecule has 0 unspecified atom stereocenters. The fraction of sp³-hybridized carbons (Fsp3) is 0.300. The third-order valence-electron chi connectivity index (χ3n) is 3.88. The predicted molar refractivity (Wildman–Crippen MR) is 113 cm³/mol. The van der Waals surface area contributed by atoms with Gasteiger partial charge in [0.1, 0.15) is 11.5 Å². The molecule has 0 fully saturated rings. The van der Waals surface area contributed by atoms with E-state index in [0.29, 0.717) is 30.3 Å². The highest BCUT2D eigenvalue weighted by Crippen LogP contribution is 2.22. The van der Waals surface area contributed by atoms with Crippen LogP contribution in [-0.2, 0) is 16.1 Å². The quantitative estimate of drug-likeness (QED) is 0.504. The Hall–Kier alpha value is -2.16. The number of amides is 1. The molecule has 6 nitrogen and oxygen atoms in total. The number of carbonyl (C=O) groups excluding carboxylic acids is 1. The average Bonchev–Trinajstić information content (AvgIpc) is 3.02. The molecule has 0 radical (unpaired) electrons. The van der Waals surface area contributed by atoms with Gasteiger partial charge in [-0.05, 0) is 49.4 Å². The summed E-state index contributed by atoms with van der Waals surface area (Å²) >= 11 is 4.95. The first-order valence-electron chi connectivity index (χ1n) is 8.81. The third kappa shape index (κ3) is 5.21. The Kier molecular flexibility index (Phi) is 7.24.